The fourth-order valence-electron chi connectivity index (χ4n) is 2.54. The number of H-pyrrole nitrogens is 1. The Morgan fingerprint density at radius 1 is 0.857 bits per heavy atom. The molecule has 0 fully saturated rings. The van der Waals surface area contributed by atoms with Gasteiger partial charge in [0.2, 0.25) is 5.91 Å². The van der Waals surface area contributed by atoms with E-state index in [0.29, 0.717) is 10.8 Å². The van der Waals surface area contributed by atoms with Crippen molar-refractivity contribution in [1.29, 1.82) is 0 Å². The highest BCUT2D eigenvalue weighted by atomic mass is 16.2. The molecule has 9 heteroatoms. The van der Waals surface area contributed by atoms with Crippen LogP contribution in [-0.4, -0.2) is 34.5 Å². The summed E-state index contributed by atoms with van der Waals surface area (Å²) in [5.74, 6) is -1.62. The quantitative estimate of drug-likeness (QED) is 0.465. The van der Waals surface area contributed by atoms with Crippen molar-refractivity contribution in [3.63, 3.8) is 0 Å². The van der Waals surface area contributed by atoms with Gasteiger partial charge >= 0.3 is 0 Å². The smallest absolute Gasteiger partial charge is 0.290 e. The van der Waals surface area contributed by atoms with Crippen LogP contribution >= 0.6 is 0 Å². The molecule has 0 unspecified atom stereocenters. The molecule has 3 amide bonds. The number of aromatic nitrogens is 2. The fourth-order valence-corrected chi connectivity index (χ4v) is 2.54. The molecule has 0 radical (unpaired) electrons. The van der Waals surface area contributed by atoms with E-state index in [4.69, 9.17) is 0 Å². The number of carbonyl (C=O) groups excluding carboxylic acids is 3. The summed E-state index contributed by atoms with van der Waals surface area (Å²) in [7, 11) is 0. The number of aromatic amines is 1. The summed E-state index contributed by atoms with van der Waals surface area (Å²) in [4.78, 5) is 47.7. The van der Waals surface area contributed by atoms with Crippen LogP contribution in [0.1, 0.15) is 16.1 Å². The van der Waals surface area contributed by atoms with Gasteiger partial charge in [-0.2, -0.15) is 5.10 Å². The Bertz CT molecular complexity index is 1080. The van der Waals surface area contributed by atoms with Gasteiger partial charge in [-0.1, -0.05) is 48.5 Å². The van der Waals surface area contributed by atoms with Crippen LogP contribution in [0.2, 0.25) is 0 Å². The predicted molar refractivity (Wildman–Crippen MR) is 101 cm³/mol. The first-order chi connectivity index (χ1) is 13.5. The molecule has 0 aliphatic heterocycles. The lowest BCUT2D eigenvalue weighted by molar-refractivity contribution is -0.126. The fraction of sp³-hybridized carbons (Fsp3) is 0.105. The molecule has 1 heterocycles. The van der Waals surface area contributed by atoms with E-state index in [0.717, 1.165) is 5.56 Å². The van der Waals surface area contributed by atoms with E-state index >= 15 is 0 Å². The Balaban J connectivity index is 1.52. The zero-order valence-corrected chi connectivity index (χ0v) is 14.7. The van der Waals surface area contributed by atoms with E-state index in [9.17, 15) is 19.2 Å². The molecule has 1 aromatic heterocycles. The van der Waals surface area contributed by atoms with Gasteiger partial charge in [-0.15, -0.1) is 0 Å². The number of hydrogen-bond donors (Lipinski definition) is 4. The van der Waals surface area contributed by atoms with E-state index in [2.05, 4.69) is 26.4 Å². The van der Waals surface area contributed by atoms with Crippen LogP contribution in [0.15, 0.2) is 59.4 Å². The van der Waals surface area contributed by atoms with E-state index in [1.807, 2.05) is 18.2 Å². The molecule has 0 saturated carbocycles. The van der Waals surface area contributed by atoms with Gasteiger partial charge in [0.1, 0.15) is 0 Å². The third-order valence-electron chi connectivity index (χ3n) is 3.88. The van der Waals surface area contributed by atoms with E-state index in [1.54, 1.807) is 36.4 Å². The van der Waals surface area contributed by atoms with Crippen LogP contribution in [0, 0.1) is 0 Å². The molecule has 4 N–H and O–H groups in total. The maximum Gasteiger partial charge on any atom is 0.290 e. The van der Waals surface area contributed by atoms with Crippen molar-refractivity contribution < 1.29 is 14.4 Å². The van der Waals surface area contributed by atoms with E-state index < -0.39 is 17.4 Å². The molecule has 0 aliphatic rings. The molecular formula is C19H17N5O4. The molecule has 0 spiro atoms. The summed E-state index contributed by atoms with van der Waals surface area (Å²) in [5, 5.41) is 9.10. The highest BCUT2D eigenvalue weighted by Gasteiger charge is 2.15. The minimum absolute atomic E-state index is 0.0383. The minimum atomic E-state index is -0.698. The Morgan fingerprint density at radius 2 is 1.54 bits per heavy atom. The molecule has 0 atom stereocenters. The third kappa shape index (κ3) is 4.58. The second-order valence-corrected chi connectivity index (χ2v) is 5.89. The number of hydrogen-bond acceptors (Lipinski definition) is 5. The summed E-state index contributed by atoms with van der Waals surface area (Å²) >= 11 is 0. The van der Waals surface area contributed by atoms with Crippen molar-refractivity contribution in [3.8, 4) is 0 Å². The number of rotatable bonds is 5. The number of nitrogens with zero attached hydrogens (tertiary/aromatic N) is 1. The van der Waals surface area contributed by atoms with Crippen LogP contribution in [0.4, 0.5) is 0 Å². The average molecular weight is 379 g/mol. The largest absolute Gasteiger partial charge is 0.347 e. The van der Waals surface area contributed by atoms with Crippen molar-refractivity contribution in [2.75, 3.05) is 6.54 Å². The molecule has 3 aromatic rings. The Morgan fingerprint density at radius 3 is 2.29 bits per heavy atom. The Kier molecular flexibility index (Phi) is 5.75. The lowest BCUT2D eigenvalue weighted by atomic mass is 10.1. The van der Waals surface area contributed by atoms with Gasteiger partial charge in [0.25, 0.3) is 17.4 Å². The maximum absolute atomic E-state index is 12.3. The highest BCUT2D eigenvalue weighted by Crippen LogP contribution is 2.11. The maximum atomic E-state index is 12.3. The van der Waals surface area contributed by atoms with Gasteiger partial charge in [-0.05, 0) is 11.6 Å². The lowest BCUT2D eigenvalue weighted by Crippen LogP contribution is -2.46. The van der Waals surface area contributed by atoms with Gasteiger partial charge in [-0.3, -0.25) is 30.0 Å². The number of nitrogens with one attached hydrogen (secondary N) is 4. The molecule has 0 bridgehead atoms. The van der Waals surface area contributed by atoms with Crippen molar-refractivity contribution in [2.24, 2.45) is 0 Å². The zero-order valence-electron chi connectivity index (χ0n) is 14.7. The molecular weight excluding hydrogens is 362 g/mol. The first kappa shape index (κ1) is 18.8. The van der Waals surface area contributed by atoms with Crippen LogP contribution < -0.4 is 21.7 Å². The normalized spacial score (nSPS) is 10.3. The summed E-state index contributed by atoms with van der Waals surface area (Å²) in [6.07, 6.45) is 0.147. The number of carbonyl (C=O) groups is 3. The van der Waals surface area contributed by atoms with E-state index in [1.165, 1.54) is 0 Å². The predicted octanol–water partition coefficient (Wildman–Crippen LogP) is 0.0430. The second kappa shape index (κ2) is 8.58. The summed E-state index contributed by atoms with van der Waals surface area (Å²) < 4.78 is 0. The second-order valence-electron chi connectivity index (χ2n) is 5.89. The molecule has 142 valence electrons. The summed E-state index contributed by atoms with van der Waals surface area (Å²) in [5.41, 5.74) is 4.77. The van der Waals surface area contributed by atoms with Crippen LogP contribution in [0.5, 0.6) is 0 Å². The first-order valence-electron chi connectivity index (χ1n) is 8.42. The van der Waals surface area contributed by atoms with Gasteiger partial charge in [0.05, 0.1) is 18.4 Å². The minimum Gasteiger partial charge on any atom is -0.347 e. The van der Waals surface area contributed by atoms with Crippen LogP contribution in [0.3, 0.4) is 0 Å². The van der Waals surface area contributed by atoms with Crippen LogP contribution in [0.25, 0.3) is 10.8 Å². The molecule has 2 aromatic carbocycles. The van der Waals surface area contributed by atoms with E-state index in [-0.39, 0.29) is 24.6 Å². The number of benzene rings is 2. The lowest BCUT2D eigenvalue weighted by Gasteiger charge is -2.09. The molecule has 0 aliphatic carbocycles. The van der Waals surface area contributed by atoms with Gasteiger partial charge in [-0.25, -0.2) is 5.10 Å². The summed E-state index contributed by atoms with van der Waals surface area (Å²) in [6, 6.07) is 15.6. The number of hydrazine groups is 1. The van der Waals surface area contributed by atoms with Gasteiger partial charge < -0.3 is 5.32 Å². The molecule has 3 rings (SSSR count). The van der Waals surface area contributed by atoms with Crippen molar-refractivity contribution in [1.82, 2.24) is 26.4 Å². The number of amides is 3. The number of fused-ring (bicyclic) bond motifs is 1. The average Bonchev–Trinajstić information content (AvgIpc) is 2.72. The molecule has 9 nitrogen and oxygen atoms in total. The zero-order chi connectivity index (χ0) is 19.9. The Hall–Kier alpha value is -4.01. The molecule has 0 saturated heterocycles. The third-order valence-corrected chi connectivity index (χ3v) is 3.88. The molecule has 28 heavy (non-hydrogen) atoms. The van der Waals surface area contributed by atoms with Gasteiger partial charge in [0.15, 0.2) is 5.69 Å². The van der Waals surface area contributed by atoms with Crippen molar-refractivity contribution >= 4 is 28.5 Å². The van der Waals surface area contributed by atoms with Crippen molar-refractivity contribution in [3.05, 3.63) is 76.2 Å². The standard InChI is InChI=1S/C19H17N5O4/c25-15(10-12-6-2-1-3-7-12)20-11-16(26)21-24-19(28)17-13-8-4-5-9-14(13)18(27)23-22-17/h1-9H,10-11H2,(H,20,25)(H,21,26)(H,23,27)(H,24,28). The SMILES string of the molecule is O=C(Cc1ccccc1)NCC(=O)NNC(=O)c1n[nH]c(=O)c2ccccc12. The van der Waals surface area contributed by atoms with Crippen LogP contribution in [-0.2, 0) is 16.0 Å². The van der Waals surface area contributed by atoms with Crippen molar-refractivity contribution in [2.45, 2.75) is 6.42 Å². The first-order valence-corrected chi connectivity index (χ1v) is 8.42. The monoisotopic (exact) mass is 379 g/mol. The topological polar surface area (TPSA) is 133 Å². The summed E-state index contributed by atoms with van der Waals surface area (Å²) in [6.45, 7) is -0.300. The van der Waals surface area contributed by atoms with Gasteiger partial charge in [0, 0.05) is 5.39 Å². The highest BCUT2D eigenvalue weighted by molar-refractivity contribution is 6.05. The Labute approximate surface area is 159 Å².